The van der Waals surface area contributed by atoms with Gasteiger partial charge in [0, 0.05) is 16.6 Å². The van der Waals surface area contributed by atoms with Gasteiger partial charge >= 0.3 is 11.9 Å². The number of carboxylic acid groups (broad SMARTS) is 2. The highest BCUT2D eigenvalue weighted by molar-refractivity contribution is 9.10. The van der Waals surface area contributed by atoms with E-state index in [1.54, 1.807) is 0 Å². The summed E-state index contributed by atoms with van der Waals surface area (Å²) in [5.41, 5.74) is 0.300. The molecule has 7 heteroatoms. The fourth-order valence-electron chi connectivity index (χ4n) is 1.64. The predicted molar refractivity (Wildman–Crippen MR) is 69.2 cm³/mol. The van der Waals surface area contributed by atoms with Crippen LogP contribution in [0.5, 0.6) is 0 Å². The quantitative estimate of drug-likeness (QED) is 0.831. The summed E-state index contributed by atoms with van der Waals surface area (Å²) in [6.07, 6.45) is -0.540. The summed E-state index contributed by atoms with van der Waals surface area (Å²) in [7, 11) is 1.45. The predicted octanol–water partition coefficient (Wildman–Crippen LogP) is 1.95. The number of likely N-dealkylation sites (N-methyl/N-ethyl adjacent to an activating group) is 1. The lowest BCUT2D eigenvalue weighted by atomic mass is 10.1. The Kier molecular flexibility index (Phi) is 5.44. The largest absolute Gasteiger partial charge is 0.481 e. The lowest BCUT2D eigenvalue weighted by Gasteiger charge is -2.23. The minimum Gasteiger partial charge on any atom is -0.481 e. The summed E-state index contributed by atoms with van der Waals surface area (Å²) < 4.78 is 14.2. The molecule has 0 heterocycles. The lowest BCUT2D eigenvalue weighted by Crippen LogP contribution is -2.39. The van der Waals surface area contributed by atoms with E-state index in [1.807, 2.05) is 0 Å². The van der Waals surface area contributed by atoms with Gasteiger partial charge in [0.1, 0.15) is 11.9 Å². The average molecular weight is 334 g/mol. The van der Waals surface area contributed by atoms with Crippen LogP contribution in [0.1, 0.15) is 12.0 Å². The zero-order chi connectivity index (χ0) is 14.6. The third-order valence-corrected chi connectivity index (χ3v) is 3.11. The van der Waals surface area contributed by atoms with Crippen LogP contribution in [-0.2, 0) is 16.1 Å². The van der Waals surface area contributed by atoms with E-state index in [0.717, 1.165) is 0 Å². The van der Waals surface area contributed by atoms with Gasteiger partial charge in [-0.1, -0.05) is 15.9 Å². The molecule has 0 aliphatic heterocycles. The van der Waals surface area contributed by atoms with E-state index >= 15 is 0 Å². The van der Waals surface area contributed by atoms with E-state index in [1.165, 1.54) is 30.1 Å². The molecule has 0 aliphatic carbocycles. The first kappa shape index (κ1) is 15.6. The number of benzene rings is 1. The number of hydrogen-bond donors (Lipinski definition) is 2. The van der Waals surface area contributed by atoms with Gasteiger partial charge in [0.2, 0.25) is 0 Å². The van der Waals surface area contributed by atoms with Crippen molar-refractivity contribution in [2.45, 2.75) is 19.0 Å². The van der Waals surface area contributed by atoms with Gasteiger partial charge in [-0.25, -0.2) is 4.39 Å². The molecule has 19 heavy (non-hydrogen) atoms. The van der Waals surface area contributed by atoms with Gasteiger partial charge in [-0.2, -0.15) is 0 Å². The van der Waals surface area contributed by atoms with E-state index in [9.17, 15) is 14.0 Å². The standard InChI is InChI=1S/C12H13BrFNO4/c1-15(10(12(18)19)5-11(16)17)6-7-4-8(13)2-3-9(7)14/h2-4,10H,5-6H2,1H3,(H,16,17)(H,18,19). The number of rotatable bonds is 6. The maximum absolute atomic E-state index is 13.5. The third kappa shape index (κ3) is 4.60. The Balaban J connectivity index is 2.86. The van der Waals surface area contributed by atoms with Crippen molar-refractivity contribution >= 4 is 27.9 Å². The summed E-state index contributed by atoms with van der Waals surface area (Å²) in [5.74, 6) is -2.93. The first-order chi connectivity index (χ1) is 8.81. The molecule has 0 fully saturated rings. The van der Waals surface area contributed by atoms with Crippen molar-refractivity contribution in [1.29, 1.82) is 0 Å². The molecular weight excluding hydrogens is 321 g/mol. The molecule has 2 N–H and O–H groups in total. The molecule has 0 saturated heterocycles. The first-order valence-corrected chi connectivity index (χ1v) is 6.19. The zero-order valence-electron chi connectivity index (χ0n) is 10.1. The van der Waals surface area contributed by atoms with Crippen LogP contribution in [0.25, 0.3) is 0 Å². The SMILES string of the molecule is CN(Cc1cc(Br)ccc1F)C(CC(=O)O)C(=O)O. The van der Waals surface area contributed by atoms with E-state index in [0.29, 0.717) is 10.0 Å². The molecule has 0 bridgehead atoms. The van der Waals surface area contributed by atoms with Crippen molar-refractivity contribution in [1.82, 2.24) is 4.90 Å². The van der Waals surface area contributed by atoms with E-state index in [-0.39, 0.29) is 6.54 Å². The van der Waals surface area contributed by atoms with E-state index < -0.39 is 30.2 Å². The molecule has 104 valence electrons. The normalized spacial score (nSPS) is 12.4. The average Bonchev–Trinajstić information content (AvgIpc) is 2.30. The highest BCUT2D eigenvalue weighted by Crippen LogP contribution is 2.18. The van der Waals surface area contributed by atoms with Crippen molar-refractivity contribution in [2.75, 3.05) is 7.05 Å². The van der Waals surface area contributed by atoms with E-state index in [2.05, 4.69) is 15.9 Å². The number of carbonyl (C=O) groups is 2. The van der Waals surface area contributed by atoms with Crippen molar-refractivity contribution in [3.63, 3.8) is 0 Å². The van der Waals surface area contributed by atoms with Crippen molar-refractivity contribution in [2.24, 2.45) is 0 Å². The number of halogens is 2. The number of carboxylic acids is 2. The summed E-state index contributed by atoms with van der Waals surface area (Å²) in [5, 5.41) is 17.7. The molecule has 1 atom stereocenters. The number of hydrogen-bond acceptors (Lipinski definition) is 3. The fourth-order valence-corrected chi connectivity index (χ4v) is 2.05. The fraction of sp³-hybridized carbons (Fsp3) is 0.333. The van der Waals surface area contributed by atoms with Crippen molar-refractivity contribution in [3.05, 3.63) is 34.1 Å². The van der Waals surface area contributed by atoms with Gasteiger partial charge in [-0.15, -0.1) is 0 Å². The van der Waals surface area contributed by atoms with Crippen LogP contribution in [0, 0.1) is 5.82 Å². The zero-order valence-corrected chi connectivity index (χ0v) is 11.7. The van der Waals surface area contributed by atoms with Gasteiger partial charge in [-0.3, -0.25) is 14.5 Å². The maximum atomic E-state index is 13.5. The summed E-state index contributed by atoms with van der Waals surface area (Å²) in [6, 6.07) is 3.13. The van der Waals surface area contributed by atoms with Crippen LogP contribution in [0.15, 0.2) is 22.7 Å². The molecule has 0 amide bonds. The molecule has 1 unspecified atom stereocenters. The van der Waals surface area contributed by atoms with Crippen LogP contribution < -0.4 is 0 Å². The highest BCUT2D eigenvalue weighted by atomic mass is 79.9. The Morgan fingerprint density at radius 2 is 2.05 bits per heavy atom. The Morgan fingerprint density at radius 1 is 1.42 bits per heavy atom. The molecule has 0 aliphatic rings. The molecule has 0 saturated carbocycles. The smallest absolute Gasteiger partial charge is 0.321 e. The molecule has 1 rings (SSSR count). The molecule has 5 nitrogen and oxygen atoms in total. The first-order valence-electron chi connectivity index (χ1n) is 5.40. The van der Waals surface area contributed by atoms with Gasteiger partial charge in [0.05, 0.1) is 6.42 Å². The van der Waals surface area contributed by atoms with Crippen LogP contribution >= 0.6 is 15.9 Å². The van der Waals surface area contributed by atoms with Crippen LogP contribution in [0.2, 0.25) is 0 Å². The minimum absolute atomic E-state index is 0.00944. The Labute approximate surface area is 117 Å². The molecule has 1 aromatic rings. The number of nitrogens with zero attached hydrogens (tertiary/aromatic N) is 1. The van der Waals surface area contributed by atoms with Gasteiger partial charge in [0.25, 0.3) is 0 Å². The van der Waals surface area contributed by atoms with Gasteiger partial charge < -0.3 is 10.2 Å². The summed E-state index contributed by atoms with van der Waals surface area (Å²) in [4.78, 5) is 22.9. The second-order valence-electron chi connectivity index (χ2n) is 4.10. The molecule has 1 aromatic carbocycles. The second-order valence-corrected chi connectivity index (χ2v) is 5.02. The molecule has 0 spiro atoms. The van der Waals surface area contributed by atoms with E-state index in [4.69, 9.17) is 10.2 Å². The molecule has 0 aromatic heterocycles. The molecular formula is C12H13BrFNO4. The third-order valence-electron chi connectivity index (χ3n) is 2.61. The number of aliphatic carboxylic acids is 2. The Bertz CT molecular complexity index is 495. The Hall–Kier alpha value is -1.47. The minimum atomic E-state index is -1.25. The van der Waals surface area contributed by atoms with Crippen molar-refractivity contribution < 1.29 is 24.2 Å². The summed E-state index contributed by atoms with van der Waals surface area (Å²) in [6.45, 7) is 0.00944. The monoisotopic (exact) mass is 333 g/mol. The second kappa shape index (κ2) is 6.63. The van der Waals surface area contributed by atoms with Gasteiger partial charge in [0.15, 0.2) is 0 Å². The summed E-state index contributed by atoms with van der Waals surface area (Å²) >= 11 is 3.20. The Morgan fingerprint density at radius 3 is 2.58 bits per heavy atom. The maximum Gasteiger partial charge on any atom is 0.321 e. The van der Waals surface area contributed by atoms with Crippen LogP contribution in [-0.4, -0.2) is 40.1 Å². The van der Waals surface area contributed by atoms with Crippen molar-refractivity contribution in [3.8, 4) is 0 Å². The lowest BCUT2D eigenvalue weighted by molar-refractivity contribution is -0.149. The molecule has 0 radical (unpaired) electrons. The van der Waals surface area contributed by atoms with Gasteiger partial charge in [-0.05, 0) is 25.2 Å². The topological polar surface area (TPSA) is 77.8 Å². The van der Waals surface area contributed by atoms with Crippen LogP contribution in [0.4, 0.5) is 4.39 Å². The highest BCUT2D eigenvalue weighted by Gasteiger charge is 2.26. The van der Waals surface area contributed by atoms with Crippen LogP contribution in [0.3, 0.4) is 0 Å².